The third kappa shape index (κ3) is 2.81. The van der Waals surface area contributed by atoms with Crippen molar-refractivity contribution in [3.8, 4) is 0 Å². The van der Waals surface area contributed by atoms with Crippen LogP contribution in [0.1, 0.15) is 12.0 Å². The number of carbonyl (C=O) groups excluding carboxylic acids is 1. The molecule has 4 nitrogen and oxygen atoms in total. The van der Waals surface area contributed by atoms with E-state index in [1.165, 1.54) is 24.3 Å². The molecule has 0 fully saturated rings. The maximum Gasteiger partial charge on any atom is 0.297 e. The summed E-state index contributed by atoms with van der Waals surface area (Å²) in [6, 6.07) is 6.38. The first-order valence-corrected chi connectivity index (χ1v) is 6.59. The molecule has 1 aliphatic carbocycles. The van der Waals surface area contributed by atoms with Crippen molar-refractivity contribution in [3.05, 3.63) is 42.0 Å². The lowest BCUT2D eigenvalue weighted by Crippen LogP contribution is -2.15. The summed E-state index contributed by atoms with van der Waals surface area (Å²) in [4.78, 5) is 11.1. The highest BCUT2D eigenvalue weighted by atomic mass is 32.2. The van der Waals surface area contributed by atoms with Gasteiger partial charge in [-0.1, -0.05) is 23.8 Å². The van der Waals surface area contributed by atoms with Gasteiger partial charge in [-0.3, -0.25) is 8.98 Å². The summed E-state index contributed by atoms with van der Waals surface area (Å²) in [5.41, 5.74) is 0.972. The van der Waals surface area contributed by atoms with Gasteiger partial charge >= 0.3 is 0 Å². The van der Waals surface area contributed by atoms with Gasteiger partial charge in [0.2, 0.25) is 0 Å². The maximum absolute atomic E-state index is 11.8. The van der Waals surface area contributed by atoms with Gasteiger partial charge in [0.1, 0.15) is 6.10 Å². The van der Waals surface area contributed by atoms with Crippen molar-refractivity contribution < 1.29 is 17.4 Å². The fraction of sp³-hybridized carbons (Fsp3) is 0.250. The van der Waals surface area contributed by atoms with Gasteiger partial charge in [-0.15, -0.1) is 0 Å². The molecule has 0 saturated carbocycles. The molecular formula is C12H12O4S. The lowest BCUT2D eigenvalue weighted by Gasteiger charge is -2.09. The molecule has 0 saturated heterocycles. The van der Waals surface area contributed by atoms with Crippen LogP contribution >= 0.6 is 0 Å². The molecule has 0 aliphatic heterocycles. The molecule has 1 atom stereocenters. The largest absolute Gasteiger partial charge is 0.297 e. The Kier molecular flexibility index (Phi) is 3.13. The minimum atomic E-state index is -3.79. The van der Waals surface area contributed by atoms with E-state index in [9.17, 15) is 13.2 Å². The van der Waals surface area contributed by atoms with Crippen LogP contribution in [-0.4, -0.2) is 20.3 Å². The van der Waals surface area contributed by atoms with Gasteiger partial charge in [0, 0.05) is 6.42 Å². The first kappa shape index (κ1) is 12.0. The number of hydrogen-bond donors (Lipinski definition) is 0. The lowest BCUT2D eigenvalue weighted by molar-refractivity contribution is -0.114. The lowest BCUT2D eigenvalue weighted by atomic mass is 10.2. The van der Waals surface area contributed by atoms with Gasteiger partial charge < -0.3 is 0 Å². The molecule has 0 spiro atoms. The molecule has 0 unspecified atom stereocenters. The number of aryl methyl sites for hydroxylation is 1. The summed E-state index contributed by atoms with van der Waals surface area (Å²) in [6.07, 6.45) is 2.22. The average molecular weight is 252 g/mol. The molecule has 0 amide bonds. The van der Waals surface area contributed by atoms with E-state index in [2.05, 4.69) is 0 Å². The number of carbonyl (C=O) groups is 1. The van der Waals surface area contributed by atoms with Crippen LogP contribution in [0.4, 0.5) is 0 Å². The van der Waals surface area contributed by atoms with E-state index >= 15 is 0 Å². The minimum Gasteiger partial charge on any atom is -0.295 e. The third-order valence-electron chi connectivity index (χ3n) is 2.46. The molecular weight excluding hydrogens is 240 g/mol. The summed E-state index contributed by atoms with van der Waals surface area (Å²) in [5.74, 6) is -0.117. The van der Waals surface area contributed by atoms with Crippen LogP contribution in [-0.2, 0) is 19.1 Å². The van der Waals surface area contributed by atoms with Gasteiger partial charge in [0.05, 0.1) is 4.90 Å². The van der Waals surface area contributed by atoms with Crippen molar-refractivity contribution in [2.45, 2.75) is 24.3 Å². The van der Waals surface area contributed by atoms with E-state index in [4.69, 9.17) is 4.18 Å². The molecule has 1 aromatic carbocycles. The summed E-state index contributed by atoms with van der Waals surface area (Å²) in [5, 5.41) is 0. The van der Waals surface area contributed by atoms with E-state index in [1.54, 1.807) is 12.1 Å². The van der Waals surface area contributed by atoms with Crippen molar-refractivity contribution in [2.24, 2.45) is 0 Å². The highest BCUT2D eigenvalue weighted by molar-refractivity contribution is 7.86. The number of hydrogen-bond acceptors (Lipinski definition) is 4. The molecule has 2 rings (SSSR count). The molecule has 0 N–H and O–H groups in total. The monoisotopic (exact) mass is 252 g/mol. The first-order chi connectivity index (χ1) is 7.97. The van der Waals surface area contributed by atoms with E-state index < -0.39 is 16.2 Å². The Morgan fingerprint density at radius 3 is 2.41 bits per heavy atom. The standard InChI is InChI=1S/C12H12O4S/c1-9-2-6-12(7-3-9)17(14,15)16-11-5-4-10(13)8-11/h2-7,11H,8H2,1H3/t11-/m0/s1. The Hall–Kier alpha value is -1.46. The zero-order valence-corrected chi connectivity index (χ0v) is 10.1. The van der Waals surface area contributed by atoms with Crippen molar-refractivity contribution in [2.75, 3.05) is 0 Å². The zero-order valence-electron chi connectivity index (χ0n) is 9.29. The van der Waals surface area contributed by atoms with Crippen LogP contribution in [0, 0.1) is 6.92 Å². The number of ketones is 1. The maximum atomic E-state index is 11.8. The van der Waals surface area contributed by atoms with Crippen molar-refractivity contribution in [1.29, 1.82) is 0 Å². The van der Waals surface area contributed by atoms with Crippen LogP contribution in [0.25, 0.3) is 0 Å². The van der Waals surface area contributed by atoms with E-state index in [0.717, 1.165) is 5.56 Å². The third-order valence-corrected chi connectivity index (χ3v) is 3.81. The molecule has 1 aliphatic rings. The molecule has 0 bridgehead atoms. The summed E-state index contributed by atoms with van der Waals surface area (Å²) >= 11 is 0. The van der Waals surface area contributed by atoms with Gasteiger partial charge in [-0.25, -0.2) is 0 Å². The number of benzene rings is 1. The smallest absolute Gasteiger partial charge is 0.295 e. The van der Waals surface area contributed by atoms with E-state index in [0.29, 0.717) is 0 Å². The van der Waals surface area contributed by atoms with Gasteiger partial charge in [-0.2, -0.15) is 8.42 Å². The van der Waals surface area contributed by atoms with Crippen LogP contribution in [0.2, 0.25) is 0 Å². The topological polar surface area (TPSA) is 60.4 Å². The molecule has 90 valence electrons. The van der Waals surface area contributed by atoms with Crippen molar-refractivity contribution in [3.63, 3.8) is 0 Å². The second-order valence-corrected chi connectivity index (χ2v) is 5.50. The normalized spacial score (nSPS) is 19.8. The van der Waals surface area contributed by atoms with Gasteiger partial charge in [-0.05, 0) is 25.1 Å². The summed E-state index contributed by atoms with van der Waals surface area (Å²) in [6.45, 7) is 1.87. The molecule has 17 heavy (non-hydrogen) atoms. The van der Waals surface area contributed by atoms with Gasteiger partial charge in [0.15, 0.2) is 5.78 Å². The predicted molar refractivity (Wildman–Crippen MR) is 62.0 cm³/mol. The van der Waals surface area contributed by atoms with Crippen LogP contribution in [0.3, 0.4) is 0 Å². The van der Waals surface area contributed by atoms with Crippen molar-refractivity contribution >= 4 is 15.9 Å². The summed E-state index contributed by atoms with van der Waals surface area (Å²) < 4.78 is 28.6. The molecule has 1 aromatic rings. The minimum absolute atomic E-state index is 0.0884. The number of rotatable bonds is 3. The fourth-order valence-corrected chi connectivity index (χ4v) is 2.58. The van der Waals surface area contributed by atoms with Crippen LogP contribution in [0.15, 0.2) is 41.3 Å². The Morgan fingerprint density at radius 2 is 1.88 bits per heavy atom. The first-order valence-electron chi connectivity index (χ1n) is 5.18. The second-order valence-electron chi connectivity index (χ2n) is 3.93. The Bertz CT molecular complexity index is 555. The zero-order chi connectivity index (χ0) is 12.5. The van der Waals surface area contributed by atoms with Crippen LogP contribution < -0.4 is 0 Å². The SMILES string of the molecule is Cc1ccc(S(=O)(=O)O[C@H]2C=CC(=O)C2)cc1. The molecule has 0 radical (unpaired) electrons. The van der Waals surface area contributed by atoms with Crippen molar-refractivity contribution in [1.82, 2.24) is 0 Å². The highest BCUT2D eigenvalue weighted by Gasteiger charge is 2.24. The van der Waals surface area contributed by atoms with E-state index in [-0.39, 0.29) is 17.1 Å². The fourth-order valence-electron chi connectivity index (χ4n) is 1.54. The molecule has 0 heterocycles. The van der Waals surface area contributed by atoms with Gasteiger partial charge in [0.25, 0.3) is 10.1 Å². The van der Waals surface area contributed by atoms with E-state index in [1.807, 2.05) is 6.92 Å². The Labute approximate surface area is 100 Å². The molecule has 0 aromatic heterocycles. The Balaban J connectivity index is 2.17. The Morgan fingerprint density at radius 1 is 1.24 bits per heavy atom. The summed E-state index contributed by atoms with van der Waals surface area (Å²) in [7, 11) is -3.79. The second kappa shape index (κ2) is 4.43. The highest BCUT2D eigenvalue weighted by Crippen LogP contribution is 2.19. The average Bonchev–Trinajstić information content (AvgIpc) is 2.63. The quantitative estimate of drug-likeness (QED) is 0.767. The molecule has 5 heteroatoms. The van der Waals surface area contributed by atoms with Crippen LogP contribution in [0.5, 0.6) is 0 Å². The number of allylic oxidation sites excluding steroid dienone is 1. The predicted octanol–water partition coefficient (Wildman–Crippen LogP) is 1.60.